The Morgan fingerprint density at radius 3 is 2.77 bits per heavy atom. The molecule has 1 atom stereocenters. The molecule has 4 heterocycles. The third-order valence-corrected chi connectivity index (χ3v) is 8.98. The van der Waals surface area contributed by atoms with Gasteiger partial charge in [0.05, 0.1) is 18.6 Å². The Morgan fingerprint density at radius 1 is 1.13 bits per heavy atom. The maximum absolute atomic E-state index is 12.9. The minimum atomic E-state index is -3.21. The highest BCUT2D eigenvalue weighted by molar-refractivity contribution is 7.89. The molecule has 166 valence electrons. The van der Waals surface area contributed by atoms with Gasteiger partial charge in [-0.2, -0.15) is 5.10 Å². The predicted octanol–water partition coefficient (Wildman–Crippen LogP) is 3.08. The van der Waals surface area contributed by atoms with Crippen LogP contribution in [0, 0.1) is 11.8 Å². The monoisotopic (exact) mass is 443 g/mol. The minimum absolute atomic E-state index is 0.216. The van der Waals surface area contributed by atoms with E-state index in [1.54, 1.807) is 17.6 Å². The third kappa shape index (κ3) is 4.06. The SMILES string of the molecule is COCC1CCN(S(=O)(=O)CC2CCC(c3[nH]ncc4cnc5nccc5c34)CC2)C1. The topological polar surface area (TPSA) is 101 Å². The second-order valence-corrected chi connectivity index (χ2v) is 11.0. The molecule has 0 bridgehead atoms. The molecule has 0 amide bonds. The van der Waals surface area contributed by atoms with Crippen molar-refractivity contribution in [3.8, 4) is 0 Å². The van der Waals surface area contributed by atoms with E-state index in [1.807, 2.05) is 18.5 Å². The summed E-state index contributed by atoms with van der Waals surface area (Å²) >= 11 is 0. The van der Waals surface area contributed by atoms with Crippen LogP contribution in [0.3, 0.4) is 0 Å². The molecule has 3 aromatic heterocycles. The first-order chi connectivity index (χ1) is 15.0. The van der Waals surface area contributed by atoms with Gasteiger partial charge in [0.15, 0.2) is 5.65 Å². The van der Waals surface area contributed by atoms with E-state index in [0.717, 1.165) is 59.6 Å². The van der Waals surface area contributed by atoms with Gasteiger partial charge in [-0.15, -0.1) is 0 Å². The first-order valence-electron chi connectivity index (χ1n) is 11.1. The lowest BCUT2D eigenvalue weighted by atomic mass is 9.80. The maximum Gasteiger partial charge on any atom is 0.214 e. The molecule has 31 heavy (non-hydrogen) atoms. The first-order valence-corrected chi connectivity index (χ1v) is 12.7. The molecule has 8 nitrogen and oxygen atoms in total. The van der Waals surface area contributed by atoms with Gasteiger partial charge in [0, 0.05) is 60.4 Å². The summed E-state index contributed by atoms with van der Waals surface area (Å²) in [7, 11) is -1.53. The molecular weight excluding hydrogens is 414 g/mol. The minimum Gasteiger partial charge on any atom is -0.384 e. The molecule has 1 saturated heterocycles. The van der Waals surface area contributed by atoms with E-state index in [4.69, 9.17) is 4.74 Å². The molecule has 3 aromatic rings. The smallest absolute Gasteiger partial charge is 0.214 e. The van der Waals surface area contributed by atoms with Crippen molar-refractivity contribution in [2.45, 2.75) is 38.0 Å². The van der Waals surface area contributed by atoms with Crippen molar-refractivity contribution in [3.05, 3.63) is 30.4 Å². The number of methoxy groups -OCH3 is 1. The molecule has 0 radical (unpaired) electrons. The van der Waals surface area contributed by atoms with Crippen LogP contribution in [0.15, 0.2) is 24.7 Å². The average Bonchev–Trinajstić information content (AvgIpc) is 3.44. The molecule has 9 heteroatoms. The lowest BCUT2D eigenvalue weighted by Crippen LogP contribution is -2.35. The standard InChI is InChI=1S/C22H29N5O3S/c1-30-13-16-7-9-27(12-16)31(28,29)14-15-2-4-17(5-3-15)21-20-18(11-25-26-21)10-24-22-19(20)6-8-23-22/h6,8,10-11,15-17,26H,2-5,7,9,12-14H2,1H3. The van der Waals surface area contributed by atoms with Gasteiger partial charge >= 0.3 is 0 Å². The van der Waals surface area contributed by atoms with Crippen molar-refractivity contribution in [2.24, 2.45) is 11.8 Å². The van der Waals surface area contributed by atoms with Crippen LogP contribution in [0.4, 0.5) is 0 Å². The molecule has 1 N–H and O–H groups in total. The van der Waals surface area contributed by atoms with Crippen molar-refractivity contribution < 1.29 is 13.2 Å². The summed E-state index contributed by atoms with van der Waals surface area (Å²) in [6.45, 7) is 1.86. The number of pyridine rings is 1. The van der Waals surface area contributed by atoms with E-state index in [2.05, 4.69) is 20.2 Å². The summed E-state index contributed by atoms with van der Waals surface area (Å²) in [5.41, 5.74) is 1.88. The summed E-state index contributed by atoms with van der Waals surface area (Å²) < 4.78 is 32.8. The van der Waals surface area contributed by atoms with Crippen LogP contribution in [-0.4, -0.2) is 65.4 Å². The van der Waals surface area contributed by atoms with Crippen LogP contribution in [0.5, 0.6) is 0 Å². The number of nitrogens with zero attached hydrogens (tertiary/aromatic N) is 4. The molecule has 1 aliphatic carbocycles. The molecule has 5 rings (SSSR count). The number of rotatable bonds is 6. The zero-order valence-electron chi connectivity index (χ0n) is 17.8. The van der Waals surface area contributed by atoms with E-state index in [-0.39, 0.29) is 11.7 Å². The van der Waals surface area contributed by atoms with Crippen molar-refractivity contribution in [3.63, 3.8) is 0 Å². The van der Waals surface area contributed by atoms with Crippen LogP contribution in [0.2, 0.25) is 0 Å². The maximum atomic E-state index is 12.9. The lowest BCUT2D eigenvalue weighted by Gasteiger charge is -2.30. The second kappa shape index (κ2) is 8.44. The number of H-pyrrole nitrogens is 1. The van der Waals surface area contributed by atoms with E-state index < -0.39 is 10.0 Å². The van der Waals surface area contributed by atoms with Gasteiger partial charge in [0.2, 0.25) is 10.0 Å². The Balaban J connectivity index is 1.28. The van der Waals surface area contributed by atoms with Gasteiger partial charge in [0.1, 0.15) is 0 Å². The van der Waals surface area contributed by atoms with Crippen LogP contribution in [0.25, 0.3) is 21.8 Å². The molecule has 0 spiro atoms. The number of hydrogen-bond donors (Lipinski definition) is 1. The van der Waals surface area contributed by atoms with E-state index in [9.17, 15) is 8.42 Å². The summed E-state index contributed by atoms with van der Waals surface area (Å²) in [4.78, 5) is 8.76. The Morgan fingerprint density at radius 2 is 1.97 bits per heavy atom. The molecule has 1 aliphatic heterocycles. The quantitative estimate of drug-likeness (QED) is 0.628. The van der Waals surface area contributed by atoms with Gasteiger partial charge in [-0.25, -0.2) is 22.7 Å². The van der Waals surface area contributed by atoms with E-state index in [1.165, 1.54) is 0 Å². The Hall–Kier alpha value is -2.10. The summed E-state index contributed by atoms with van der Waals surface area (Å²) in [6, 6.07) is 2.01. The number of nitrogens with one attached hydrogen (secondary N) is 1. The normalized spacial score (nSPS) is 25.5. The fourth-order valence-corrected chi connectivity index (χ4v) is 7.30. The Bertz CT molecular complexity index is 1170. The van der Waals surface area contributed by atoms with Crippen molar-refractivity contribution >= 4 is 31.8 Å². The van der Waals surface area contributed by atoms with Crippen LogP contribution in [0.1, 0.15) is 43.7 Å². The summed E-state index contributed by atoms with van der Waals surface area (Å²) in [5, 5.41) is 10.8. The van der Waals surface area contributed by atoms with Gasteiger partial charge < -0.3 is 4.74 Å². The zero-order valence-corrected chi connectivity index (χ0v) is 18.6. The fourth-order valence-electron chi connectivity index (χ4n) is 5.34. The highest BCUT2D eigenvalue weighted by Gasteiger charge is 2.34. The number of fused-ring (bicyclic) bond motifs is 3. The van der Waals surface area contributed by atoms with Gasteiger partial charge in [0.25, 0.3) is 0 Å². The second-order valence-electron chi connectivity index (χ2n) is 9.02. The summed E-state index contributed by atoms with van der Waals surface area (Å²) in [6.07, 6.45) is 10.1. The average molecular weight is 444 g/mol. The van der Waals surface area contributed by atoms with Gasteiger partial charge in [-0.3, -0.25) is 5.10 Å². The molecule has 1 saturated carbocycles. The van der Waals surface area contributed by atoms with Crippen LogP contribution >= 0.6 is 0 Å². The highest BCUT2D eigenvalue weighted by atomic mass is 32.2. The largest absolute Gasteiger partial charge is 0.384 e. The van der Waals surface area contributed by atoms with Crippen LogP contribution in [-0.2, 0) is 14.8 Å². The Kier molecular flexibility index (Phi) is 5.66. The van der Waals surface area contributed by atoms with Crippen molar-refractivity contribution in [1.82, 2.24) is 24.5 Å². The highest BCUT2D eigenvalue weighted by Crippen LogP contribution is 2.39. The third-order valence-electron chi connectivity index (χ3n) is 6.97. The predicted molar refractivity (Wildman–Crippen MR) is 119 cm³/mol. The summed E-state index contributed by atoms with van der Waals surface area (Å²) in [5.74, 6) is 1.14. The van der Waals surface area contributed by atoms with E-state index in [0.29, 0.717) is 31.5 Å². The van der Waals surface area contributed by atoms with Gasteiger partial charge in [-0.1, -0.05) is 0 Å². The number of hydrogen-bond acceptors (Lipinski definition) is 6. The molecular formula is C22H29N5O3S. The lowest BCUT2D eigenvalue weighted by molar-refractivity contribution is 0.157. The Labute approximate surface area is 182 Å². The van der Waals surface area contributed by atoms with Gasteiger partial charge in [-0.05, 0) is 50.0 Å². The number of aromatic nitrogens is 4. The van der Waals surface area contributed by atoms with Crippen molar-refractivity contribution in [1.29, 1.82) is 0 Å². The number of ether oxygens (including phenoxy) is 1. The molecule has 0 aromatic carbocycles. The first kappa shape index (κ1) is 20.8. The molecule has 1 unspecified atom stereocenters. The molecule has 2 fully saturated rings. The van der Waals surface area contributed by atoms with E-state index >= 15 is 0 Å². The number of sulfonamides is 1. The zero-order chi connectivity index (χ0) is 21.4. The molecule has 2 aliphatic rings. The number of aromatic amines is 1. The van der Waals surface area contributed by atoms with Crippen molar-refractivity contribution in [2.75, 3.05) is 32.6 Å². The fraction of sp³-hybridized carbons (Fsp3) is 0.591. The van der Waals surface area contributed by atoms with Crippen LogP contribution < -0.4 is 0 Å².